The number of hydrogen-bond acceptors (Lipinski definition) is 5. The summed E-state index contributed by atoms with van der Waals surface area (Å²) in [5.74, 6) is 0.458. The molecule has 3 aromatic carbocycles. The minimum absolute atomic E-state index is 0.458. The summed E-state index contributed by atoms with van der Waals surface area (Å²) in [7, 11) is -2.54. The predicted octanol–water partition coefficient (Wildman–Crippen LogP) is 5.02. The quantitative estimate of drug-likeness (QED) is 0.331. The number of rotatable bonds is 5. The maximum absolute atomic E-state index is 14.4. The highest BCUT2D eigenvalue weighted by Gasteiger charge is 2.30. The summed E-state index contributed by atoms with van der Waals surface area (Å²) in [4.78, 5) is 13.5. The molecule has 172 valence electrons. The average Bonchev–Trinajstić information content (AvgIpc) is 3.55. The number of hydrogen-bond donors (Lipinski definition) is 0. The van der Waals surface area contributed by atoms with Gasteiger partial charge in [0, 0.05) is 15.9 Å². The number of imidazole rings is 1. The summed E-state index contributed by atoms with van der Waals surface area (Å²) in [5.41, 5.74) is 0.977. The van der Waals surface area contributed by atoms with Crippen molar-refractivity contribution in [2.24, 2.45) is 4.74 Å². The molecule has 35 heavy (non-hydrogen) atoms. The van der Waals surface area contributed by atoms with Crippen LogP contribution in [-0.4, -0.2) is 25.7 Å². The van der Waals surface area contributed by atoms with Crippen molar-refractivity contribution in [2.45, 2.75) is 12.4 Å². The van der Waals surface area contributed by atoms with E-state index in [-0.39, 0.29) is 0 Å². The third-order valence-electron chi connectivity index (χ3n) is 6.00. The topological polar surface area (TPSA) is 65.2 Å². The van der Waals surface area contributed by atoms with Crippen LogP contribution in [0.3, 0.4) is 0 Å². The van der Waals surface area contributed by atoms with E-state index in [4.69, 9.17) is 9.48 Å². The number of nitrogens with zero attached hydrogens (tertiary/aromatic N) is 5. The SMILES string of the molecule is F[C@H]1C=COC1n1cnc2c(N=P(c3ccccc3)(c3ccccc3)c3ccccc3)ncnc21. The molecule has 0 fully saturated rings. The van der Waals surface area contributed by atoms with Gasteiger partial charge in [0.1, 0.15) is 12.7 Å². The molecule has 0 bridgehead atoms. The maximum Gasteiger partial charge on any atom is 0.212 e. The molecule has 8 heteroatoms. The van der Waals surface area contributed by atoms with Crippen molar-refractivity contribution >= 4 is 39.9 Å². The highest BCUT2D eigenvalue weighted by molar-refractivity contribution is 7.87. The van der Waals surface area contributed by atoms with Crippen molar-refractivity contribution in [2.75, 3.05) is 0 Å². The minimum Gasteiger partial charge on any atom is -0.474 e. The van der Waals surface area contributed by atoms with E-state index in [9.17, 15) is 4.39 Å². The van der Waals surface area contributed by atoms with Crippen LogP contribution in [-0.2, 0) is 4.74 Å². The highest BCUT2D eigenvalue weighted by atomic mass is 31.2. The van der Waals surface area contributed by atoms with Crippen molar-refractivity contribution in [3.05, 3.63) is 116 Å². The molecule has 6 rings (SSSR count). The molecule has 1 unspecified atom stereocenters. The lowest BCUT2D eigenvalue weighted by atomic mass is 10.3. The van der Waals surface area contributed by atoms with Gasteiger partial charge in [-0.15, -0.1) is 0 Å². The molecule has 0 amide bonds. The second-order valence-corrected chi connectivity index (χ2v) is 11.1. The van der Waals surface area contributed by atoms with Crippen LogP contribution in [0.15, 0.2) is 121 Å². The van der Waals surface area contributed by atoms with Crippen LogP contribution in [0.2, 0.25) is 0 Å². The molecule has 0 N–H and O–H groups in total. The average molecular weight is 481 g/mol. The van der Waals surface area contributed by atoms with Gasteiger partial charge in [0.2, 0.25) is 6.23 Å². The second-order valence-electron chi connectivity index (χ2n) is 8.06. The highest BCUT2D eigenvalue weighted by Crippen LogP contribution is 2.49. The molecule has 0 aliphatic carbocycles. The Bertz CT molecular complexity index is 1450. The van der Waals surface area contributed by atoms with Crippen LogP contribution < -0.4 is 15.9 Å². The van der Waals surface area contributed by atoms with Gasteiger partial charge in [0.25, 0.3) is 0 Å². The third kappa shape index (κ3) is 3.65. The first-order valence-corrected chi connectivity index (χ1v) is 12.9. The summed E-state index contributed by atoms with van der Waals surface area (Å²) in [6, 6.07) is 30.8. The van der Waals surface area contributed by atoms with E-state index in [1.54, 1.807) is 4.57 Å². The number of halogens is 1. The number of alkyl halides is 1. The molecule has 1 aliphatic rings. The zero-order valence-corrected chi connectivity index (χ0v) is 19.5. The molecule has 2 atom stereocenters. The Labute approximate surface area is 201 Å². The van der Waals surface area contributed by atoms with Crippen molar-refractivity contribution < 1.29 is 9.13 Å². The molecular formula is C27H21FN5OP. The molecule has 0 saturated carbocycles. The van der Waals surface area contributed by atoms with Gasteiger partial charge >= 0.3 is 0 Å². The summed E-state index contributed by atoms with van der Waals surface area (Å²) >= 11 is 0. The van der Waals surface area contributed by atoms with Crippen LogP contribution in [0.25, 0.3) is 11.2 Å². The van der Waals surface area contributed by atoms with Crippen LogP contribution >= 0.6 is 7.05 Å². The second kappa shape index (κ2) is 8.93. The van der Waals surface area contributed by atoms with Crippen LogP contribution in [0.4, 0.5) is 10.2 Å². The van der Waals surface area contributed by atoms with Gasteiger partial charge in [0.05, 0.1) is 13.3 Å². The van der Waals surface area contributed by atoms with Gasteiger partial charge in [-0.3, -0.25) is 4.57 Å². The maximum atomic E-state index is 14.4. The zero-order chi connectivity index (χ0) is 23.7. The van der Waals surface area contributed by atoms with Crippen molar-refractivity contribution in [3.63, 3.8) is 0 Å². The largest absolute Gasteiger partial charge is 0.474 e. The molecule has 0 saturated heterocycles. The van der Waals surface area contributed by atoms with E-state index in [1.807, 2.05) is 54.6 Å². The van der Waals surface area contributed by atoms with E-state index in [2.05, 4.69) is 51.4 Å². The standard InChI is InChI=1S/C27H21FN5OP/c28-23-16-17-34-27(23)33-19-31-24-25(29-18-30-26(24)33)32-35(20-10-4-1-5-11-20,21-12-6-2-7-13-21)22-14-8-3-9-15-22/h1-19,23,27H/t23-,27?/m0/s1. The summed E-state index contributed by atoms with van der Waals surface area (Å²) in [5, 5.41) is 3.28. The fourth-order valence-electron chi connectivity index (χ4n) is 4.38. The van der Waals surface area contributed by atoms with Crippen molar-refractivity contribution in [3.8, 4) is 0 Å². The summed E-state index contributed by atoms with van der Waals surface area (Å²) in [6.07, 6.45) is 3.59. The Kier molecular flexibility index (Phi) is 5.47. The molecule has 3 heterocycles. The Balaban J connectivity index is 1.67. The Morgan fingerprint density at radius 2 is 1.34 bits per heavy atom. The fourth-order valence-corrected chi connectivity index (χ4v) is 7.86. The van der Waals surface area contributed by atoms with E-state index in [0.29, 0.717) is 17.0 Å². The molecule has 0 spiro atoms. The number of aromatic nitrogens is 4. The van der Waals surface area contributed by atoms with E-state index in [0.717, 1.165) is 15.9 Å². The Hall–Kier alpha value is -4.09. The van der Waals surface area contributed by atoms with Crippen LogP contribution in [0.5, 0.6) is 0 Å². The van der Waals surface area contributed by atoms with E-state index < -0.39 is 19.5 Å². The number of fused-ring (bicyclic) bond motifs is 1. The lowest BCUT2D eigenvalue weighted by Gasteiger charge is -2.26. The first-order valence-electron chi connectivity index (χ1n) is 11.2. The van der Waals surface area contributed by atoms with Gasteiger partial charge < -0.3 is 4.74 Å². The van der Waals surface area contributed by atoms with Crippen LogP contribution in [0, 0.1) is 0 Å². The predicted molar refractivity (Wildman–Crippen MR) is 137 cm³/mol. The summed E-state index contributed by atoms with van der Waals surface area (Å²) < 4.78 is 26.9. The number of benzene rings is 3. The van der Waals surface area contributed by atoms with Crippen molar-refractivity contribution in [1.29, 1.82) is 0 Å². The van der Waals surface area contributed by atoms with Gasteiger partial charge in [-0.2, -0.15) is 0 Å². The molecular weight excluding hydrogens is 460 g/mol. The van der Waals surface area contributed by atoms with Gasteiger partial charge in [-0.25, -0.2) is 24.1 Å². The molecule has 5 aromatic rings. The Morgan fingerprint density at radius 3 is 1.86 bits per heavy atom. The van der Waals surface area contributed by atoms with E-state index >= 15 is 0 Å². The lowest BCUT2D eigenvalue weighted by molar-refractivity contribution is 0.0541. The Morgan fingerprint density at radius 1 is 0.771 bits per heavy atom. The van der Waals surface area contributed by atoms with Crippen LogP contribution in [0.1, 0.15) is 6.23 Å². The summed E-state index contributed by atoms with van der Waals surface area (Å²) in [6.45, 7) is 0. The van der Waals surface area contributed by atoms with Crippen molar-refractivity contribution in [1.82, 2.24) is 19.5 Å². The zero-order valence-electron chi connectivity index (χ0n) is 18.6. The molecule has 2 aromatic heterocycles. The minimum atomic E-state index is -2.54. The van der Waals surface area contributed by atoms with Gasteiger partial charge in [-0.1, -0.05) is 91.0 Å². The molecule has 1 aliphatic heterocycles. The fraction of sp³-hybridized carbons (Fsp3) is 0.0741. The molecule has 6 nitrogen and oxygen atoms in total. The van der Waals surface area contributed by atoms with Gasteiger partial charge in [0.15, 0.2) is 23.2 Å². The smallest absolute Gasteiger partial charge is 0.212 e. The van der Waals surface area contributed by atoms with E-state index in [1.165, 1.54) is 25.0 Å². The third-order valence-corrected chi connectivity index (χ3v) is 9.63. The first kappa shape index (κ1) is 21.4. The lowest BCUT2D eigenvalue weighted by Crippen LogP contribution is -2.25. The molecule has 0 radical (unpaired) electrons. The first-order chi connectivity index (χ1) is 17.3. The monoisotopic (exact) mass is 481 g/mol. The van der Waals surface area contributed by atoms with Gasteiger partial charge in [-0.05, 0) is 6.08 Å². The number of ether oxygens (including phenoxy) is 1. The normalized spacial score (nSPS) is 17.4.